The Hall–Kier alpha value is -1.63. The lowest BCUT2D eigenvalue weighted by molar-refractivity contribution is -0.150. The van der Waals surface area contributed by atoms with Gasteiger partial charge in [0.05, 0.1) is 19.6 Å². The summed E-state index contributed by atoms with van der Waals surface area (Å²) in [6, 6.07) is 0. The predicted molar refractivity (Wildman–Crippen MR) is 240 cm³/mol. The predicted octanol–water partition coefficient (Wildman–Crippen LogP) is 13.7. The van der Waals surface area contributed by atoms with Crippen molar-refractivity contribution in [3.63, 3.8) is 0 Å². The summed E-state index contributed by atoms with van der Waals surface area (Å²) in [7, 11) is 0. The largest absolute Gasteiger partial charge is 0.466 e. The van der Waals surface area contributed by atoms with E-state index in [2.05, 4.69) is 32.6 Å². The zero-order valence-corrected chi connectivity index (χ0v) is 38.7. The van der Waals surface area contributed by atoms with E-state index in [0.29, 0.717) is 38.4 Å². The lowest BCUT2D eigenvalue weighted by atomic mass is 9.60. The van der Waals surface area contributed by atoms with Crippen molar-refractivity contribution in [1.82, 2.24) is 4.90 Å². The van der Waals surface area contributed by atoms with Gasteiger partial charge in [0.15, 0.2) is 0 Å². The molecule has 4 bridgehead atoms. The van der Waals surface area contributed by atoms with Crippen molar-refractivity contribution in [3.05, 3.63) is 0 Å². The zero-order valence-electron chi connectivity index (χ0n) is 38.7. The SMILES string of the molecule is CCCCCC(CCCCC)CCOC(=O)CCCCCCCC(CCCCCCCCOC(=O)CC12CCC3CC(CC(C3)C1)C2)OC(=O)CCCN(CC)CC. The van der Waals surface area contributed by atoms with Crippen molar-refractivity contribution in [2.24, 2.45) is 29.1 Å². The van der Waals surface area contributed by atoms with E-state index in [0.717, 1.165) is 127 Å². The van der Waals surface area contributed by atoms with E-state index >= 15 is 0 Å². The average molecular weight is 816 g/mol. The van der Waals surface area contributed by atoms with Crippen molar-refractivity contribution < 1.29 is 28.6 Å². The van der Waals surface area contributed by atoms with Gasteiger partial charge in [-0.1, -0.05) is 124 Å². The van der Waals surface area contributed by atoms with Crippen LogP contribution in [0.3, 0.4) is 0 Å². The fourth-order valence-corrected chi connectivity index (χ4v) is 11.1. The molecule has 0 saturated heterocycles. The van der Waals surface area contributed by atoms with Crippen LogP contribution in [0.5, 0.6) is 0 Å². The molecule has 0 aromatic carbocycles. The minimum Gasteiger partial charge on any atom is -0.466 e. The van der Waals surface area contributed by atoms with Crippen LogP contribution in [0.15, 0.2) is 0 Å². The number of fused-ring (bicyclic) bond motifs is 1. The van der Waals surface area contributed by atoms with Crippen LogP contribution in [0.1, 0.15) is 240 Å². The van der Waals surface area contributed by atoms with Gasteiger partial charge in [0.2, 0.25) is 0 Å². The first-order chi connectivity index (χ1) is 28.3. The summed E-state index contributed by atoms with van der Waals surface area (Å²) in [6.07, 6.45) is 36.8. The summed E-state index contributed by atoms with van der Waals surface area (Å²) in [5.41, 5.74) is 0.245. The fourth-order valence-electron chi connectivity index (χ4n) is 11.1. The first-order valence-corrected chi connectivity index (χ1v) is 25.5. The van der Waals surface area contributed by atoms with E-state index in [1.807, 2.05) is 0 Å². The Morgan fingerprint density at radius 1 is 0.552 bits per heavy atom. The summed E-state index contributed by atoms with van der Waals surface area (Å²) in [6.45, 7) is 13.0. The summed E-state index contributed by atoms with van der Waals surface area (Å²) < 4.78 is 17.5. The van der Waals surface area contributed by atoms with Crippen LogP contribution in [-0.2, 0) is 28.6 Å². The number of nitrogens with zero attached hydrogens (tertiary/aromatic N) is 1. The Bertz CT molecular complexity index is 1050. The van der Waals surface area contributed by atoms with Crippen LogP contribution < -0.4 is 0 Å². The maximum absolute atomic E-state index is 12.9. The second kappa shape index (κ2) is 31.3. The van der Waals surface area contributed by atoms with Crippen LogP contribution >= 0.6 is 0 Å². The average Bonchev–Trinajstić information content (AvgIpc) is 3.40. The molecule has 4 saturated carbocycles. The van der Waals surface area contributed by atoms with Crippen LogP contribution in [0.2, 0.25) is 0 Å². The van der Waals surface area contributed by atoms with Gasteiger partial charge in [0, 0.05) is 12.8 Å². The number of carbonyl (C=O) groups excluding carboxylic acids is 3. The highest BCUT2D eigenvalue weighted by molar-refractivity contribution is 5.70. The smallest absolute Gasteiger partial charge is 0.306 e. The molecule has 4 rings (SSSR count). The molecule has 3 unspecified atom stereocenters. The molecule has 3 atom stereocenters. The maximum atomic E-state index is 12.9. The second-order valence-electron chi connectivity index (χ2n) is 19.5. The molecular weight excluding hydrogens is 723 g/mol. The highest BCUT2D eigenvalue weighted by atomic mass is 16.5. The summed E-state index contributed by atoms with van der Waals surface area (Å²) in [4.78, 5) is 40.5. The van der Waals surface area contributed by atoms with Gasteiger partial charge in [-0.05, 0) is 145 Å². The van der Waals surface area contributed by atoms with Gasteiger partial charge in [-0.25, -0.2) is 0 Å². The Balaban J connectivity index is 1.24. The van der Waals surface area contributed by atoms with Gasteiger partial charge in [-0.15, -0.1) is 0 Å². The van der Waals surface area contributed by atoms with E-state index in [4.69, 9.17) is 14.2 Å². The Labute approximate surface area is 358 Å². The normalized spacial score (nSPS) is 21.7. The Kier molecular flexibility index (Phi) is 27.3. The van der Waals surface area contributed by atoms with Gasteiger partial charge in [-0.2, -0.15) is 0 Å². The molecule has 0 aromatic heterocycles. The number of ether oxygens (including phenoxy) is 3. The molecule has 4 fully saturated rings. The van der Waals surface area contributed by atoms with Crippen LogP contribution in [0.25, 0.3) is 0 Å². The van der Waals surface area contributed by atoms with E-state index in [1.54, 1.807) is 0 Å². The topological polar surface area (TPSA) is 82.1 Å². The number of hydrogen-bond acceptors (Lipinski definition) is 7. The molecule has 0 radical (unpaired) electrons. The third-order valence-corrected chi connectivity index (χ3v) is 14.4. The van der Waals surface area contributed by atoms with E-state index in [-0.39, 0.29) is 29.4 Å². The molecule has 0 spiro atoms. The van der Waals surface area contributed by atoms with Crippen molar-refractivity contribution >= 4 is 17.9 Å². The van der Waals surface area contributed by atoms with Gasteiger partial charge >= 0.3 is 17.9 Å². The second-order valence-corrected chi connectivity index (χ2v) is 19.5. The van der Waals surface area contributed by atoms with Crippen molar-refractivity contribution in [2.45, 2.75) is 246 Å². The number of unbranched alkanes of at least 4 members (excludes halogenated alkanes) is 13. The molecule has 338 valence electrons. The summed E-state index contributed by atoms with van der Waals surface area (Å²) in [5, 5.41) is 0. The van der Waals surface area contributed by atoms with Gasteiger partial charge in [-0.3, -0.25) is 14.4 Å². The molecule has 7 nitrogen and oxygen atoms in total. The number of carbonyl (C=O) groups is 3. The molecule has 4 aliphatic rings. The van der Waals surface area contributed by atoms with E-state index < -0.39 is 0 Å². The molecule has 7 heteroatoms. The summed E-state index contributed by atoms with van der Waals surface area (Å²) in [5.74, 6) is 3.33. The highest BCUT2D eigenvalue weighted by Crippen LogP contribution is 2.58. The lowest BCUT2D eigenvalue weighted by Crippen LogP contribution is -2.36. The van der Waals surface area contributed by atoms with E-state index in [1.165, 1.54) is 103 Å². The standard InChI is InChI=1S/C51H93NO6/c1-5-9-18-25-43(26-19-10-6-2)32-36-57-48(53)29-22-16-13-15-21-28-47(58-49(54)30-24-34-52(7-3)8-4)27-20-14-11-12-17-23-35-56-50(55)42-51-33-31-44-37-45(40-51)39-46(38-44)41-51/h43-47H,5-42H2,1-4H3. The maximum Gasteiger partial charge on any atom is 0.306 e. The van der Waals surface area contributed by atoms with Gasteiger partial charge in [0.25, 0.3) is 0 Å². The van der Waals surface area contributed by atoms with Crippen molar-refractivity contribution in [2.75, 3.05) is 32.8 Å². The summed E-state index contributed by atoms with van der Waals surface area (Å²) >= 11 is 0. The molecule has 0 aromatic rings. The molecule has 0 N–H and O–H groups in total. The molecule has 0 aliphatic heterocycles. The van der Waals surface area contributed by atoms with E-state index in [9.17, 15) is 14.4 Å². The number of esters is 3. The zero-order chi connectivity index (χ0) is 41.7. The molecular formula is C51H93NO6. The van der Waals surface area contributed by atoms with Crippen LogP contribution in [0.4, 0.5) is 0 Å². The molecule has 0 amide bonds. The third-order valence-electron chi connectivity index (χ3n) is 14.4. The molecule has 0 heterocycles. The highest BCUT2D eigenvalue weighted by Gasteiger charge is 2.48. The monoisotopic (exact) mass is 816 g/mol. The quantitative estimate of drug-likeness (QED) is 0.0351. The van der Waals surface area contributed by atoms with Gasteiger partial charge in [0.1, 0.15) is 6.10 Å². The first-order valence-electron chi connectivity index (χ1n) is 25.5. The van der Waals surface area contributed by atoms with Crippen LogP contribution in [0, 0.1) is 29.1 Å². The van der Waals surface area contributed by atoms with Crippen molar-refractivity contribution in [3.8, 4) is 0 Å². The number of rotatable bonds is 37. The lowest BCUT2D eigenvalue weighted by Gasteiger charge is -2.45. The fraction of sp³-hybridized carbons (Fsp3) is 0.941. The molecule has 4 aliphatic carbocycles. The minimum absolute atomic E-state index is 0.00119. The first kappa shape index (κ1) is 50.7. The Morgan fingerprint density at radius 3 is 1.71 bits per heavy atom. The third kappa shape index (κ3) is 22.3. The molecule has 58 heavy (non-hydrogen) atoms. The Morgan fingerprint density at radius 2 is 1.09 bits per heavy atom. The number of hydrogen-bond donors (Lipinski definition) is 0. The minimum atomic E-state index is -0.0443. The van der Waals surface area contributed by atoms with Crippen molar-refractivity contribution in [1.29, 1.82) is 0 Å². The van der Waals surface area contributed by atoms with Crippen LogP contribution in [-0.4, -0.2) is 61.8 Å². The van der Waals surface area contributed by atoms with Gasteiger partial charge < -0.3 is 19.1 Å².